The van der Waals surface area contributed by atoms with Crippen molar-refractivity contribution < 1.29 is 9.50 Å². The summed E-state index contributed by atoms with van der Waals surface area (Å²) in [7, 11) is 0. The molecule has 25 heavy (non-hydrogen) atoms. The third-order valence-corrected chi connectivity index (χ3v) is 3.94. The van der Waals surface area contributed by atoms with Crippen LogP contribution in [0.1, 0.15) is 24.7 Å². The Morgan fingerprint density at radius 1 is 1.12 bits per heavy atom. The molecule has 2 aromatic carbocycles. The molecule has 1 unspecified atom stereocenters. The van der Waals surface area contributed by atoms with Crippen molar-refractivity contribution in [1.82, 2.24) is 24.3 Å². The van der Waals surface area contributed by atoms with Crippen LogP contribution < -0.4 is 0 Å². The normalized spacial score (nSPS) is 12.6. The van der Waals surface area contributed by atoms with Gasteiger partial charge in [-0.1, -0.05) is 24.3 Å². The standard InChI is InChI=1S/C18H16FN5O/c1-12(25)18-20-11-23(22-18)10-16-21-15-9-5-8-14(19)17(15)24(16)13-6-3-2-4-7-13/h2-9,11-12,25H,10H2,1H3. The lowest BCUT2D eigenvalue weighted by Gasteiger charge is -2.09. The van der Waals surface area contributed by atoms with Gasteiger partial charge in [-0.25, -0.2) is 19.0 Å². The molecule has 2 aromatic heterocycles. The number of fused-ring (bicyclic) bond motifs is 1. The van der Waals surface area contributed by atoms with Gasteiger partial charge in [-0.15, -0.1) is 0 Å². The Morgan fingerprint density at radius 3 is 2.64 bits per heavy atom. The van der Waals surface area contributed by atoms with E-state index < -0.39 is 6.10 Å². The number of rotatable bonds is 4. The Bertz CT molecular complexity index is 1020. The highest BCUT2D eigenvalue weighted by Gasteiger charge is 2.17. The number of halogens is 1. The summed E-state index contributed by atoms with van der Waals surface area (Å²) in [6.07, 6.45) is 0.791. The lowest BCUT2D eigenvalue weighted by atomic mass is 10.2. The summed E-state index contributed by atoms with van der Waals surface area (Å²) >= 11 is 0. The van der Waals surface area contributed by atoms with E-state index in [-0.39, 0.29) is 5.82 Å². The van der Waals surface area contributed by atoms with Gasteiger partial charge in [-0.05, 0) is 31.2 Å². The van der Waals surface area contributed by atoms with Crippen LogP contribution in [0.3, 0.4) is 0 Å². The van der Waals surface area contributed by atoms with Crippen molar-refractivity contribution in [1.29, 1.82) is 0 Å². The summed E-state index contributed by atoms with van der Waals surface area (Å²) < 4.78 is 17.8. The van der Waals surface area contributed by atoms with Crippen molar-refractivity contribution in [2.45, 2.75) is 19.6 Å². The fraction of sp³-hybridized carbons (Fsp3) is 0.167. The van der Waals surface area contributed by atoms with Crippen molar-refractivity contribution in [3.8, 4) is 5.69 Å². The van der Waals surface area contributed by atoms with Crippen LogP contribution in [0, 0.1) is 5.82 Å². The lowest BCUT2D eigenvalue weighted by molar-refractivity contribution is 0.188. The van der Waals surface area contributed by atoms with Crippen LogP contribution in [0.4, 0.5) is 4.39 Å². The highest BCUT2D eigenvalue weighted by atomic mass is 19.1. The van der Waals surface area contributed by atoms with Crippen LogP contribution in [0.5, 0.6) is 0 Å². The van der Waals surface area contributed by atoms with E-state index in [9.17, 15) is 9.50 Å². The minimum atomic E-state index is -0.744. The van der Waals surface area contributed by atoms with Gasteiger partial charge in [-0.3, -0.25) is 4.57 Å². The minimum absolute atomic E-state index is 0.308. The first-order chi connectivity index (χ1) is 12.1. The number of hydrogen-bond donors (Lipinski definition) is 1. The molecule has 6 nitrogen and oxygen atoms in total. The number of nitrogens with zero attached hydrogens (tertiary/aromatic N) is 5. The number of aliphatic hydroxyl groups excluding tert-OH is 1. The second-order valence-electron chi connectivity index (χ2n) is 5.78. The number of para-hydroxylation sites is 2. The zero-order valence-electron chi connectivity index (χ0n) is 13.5. The number of imidazole rings is 1. The van der Waals surface area contributed by atoms with E-state index >= 15 is 0 Å². The van der Waals surface area contributed by atoms with Gasteiger partial charge in [0.2, 0.25) is 0 Å². The van der Waals surface area contributed by atoms with Crippen molar-refractivity contribution in [2.24, 2.45) is 0 Å². The molecule has 0 saturated carbocycles. The molecular weight excluding hydrogens is 321 g/mol. The average molecular weight is 337 g/mol. The summed E-state index contributed by atoms with van der Waals surface area (Å²) in [6, 6.07) is 14.4. The van der Waals surface area contributed by atoms with Gasteiger partial charge in [0, 0.05) is 5.69 Å². The summed E-state index contributed by atoms with van der Waals surface area (Å²) in [4.78, 5) is 8.65. The molecule has 0 spiro atoms. The molecule has 0 bridgehead atoms. The van der Waals surface area contributed by atoms with E-state index in [0.717, 1.165) is 5.69 Å². The molecule has 0 saturated heterocycles. The molecule has 4 rings (SSSR count). The molecular formula is C18H16FN5O. The third kappa shape index (κ3) is 2.78. The molecule has 0 fully saturated rings. The van der Waals surface area contributed by atoms with Gasteiger partial charge >= 0.3 is 0 Å². The van der Waals surface area contributed by atoms with Gasteiger partial charge in [0.25, 0.3) is 0 Å². The summed E-state index contributed by atoms with van der Waals surface area (Å²) in [5.74, 6) is 0.644. The van der Waals surface area contributed by atoms with Crippen molar-refractivity contribution in [3.63, 3.8) is 0 Å². The van der Waals surface area contributed by atoms with E-state index in [4.69, 9.17) is 0 Å². The SMILES string of the molecule is CC(O)c1ncn(Cc2nc3cccc(F)c3n2-c2ccccc2)n1. The largest absolute Gasteiger partial charge is 0.385 e. The maximum absolute atomic E-state index is 14.5. The van der Waals surface area contributed by atoms with Crippen molar-refractivity contribution >= 4 is 11.0 Å². The zero-order valence-corrected chi connectivity index (χ0v) is 13.5. The van der Waals surface area contributed by atoms with Gasteiger partial charge < -0.3 is 5.11 Å². The topological polar surface area (TPSA) is 68.8 Å². The predicted octanol–water partition coefficient (Wildman–Crippen LogP) is 2.86. The molecule has 0 amide bonds. The van der Waals surface area contributed by atoms with Gasteiger partial charge in [0.15, 0.2) is 5.82 Å². The van der Waals surface area contributed by atoms with Gasteiger partial charge in [-0.2, -0.15) is 5.10 Å². The monoisotopic (exact) mass is 337 g/mol. The first-order valence-corrected chi connectivity index (χ1v) is 7.92. The van der Waals surface area contributed by atoms with Gasteiger partial charge in [0.1, 0.15) is 36.1 Å². The van der Waals surface area contributed by atoms with Crippen LogP contribution >= 0.6 is 0 Å². The molecule has 0 aliphatic rings. The molecule has 0 aliphatic carbocycles. The highest BCUT2D eigenvalue weighted by molar-refractivity contribution is 5.79. The molecule has 0 aliphatic heterocycles. The molecule has 4 aromatic rings. The first-order valence-electron chi connectivity index (χ1n) is 7.92. The first kappa shape index (κ1) is 15.5. The number of benzene rings is 2. The van der Waals surface area contributed by atoms with E-state index in [1.807, 2.05) is 30.3 Å². The fourth-order valence-corrected chi connectivity index (χ4v) is 2.82. The summed E-state index contributed by atoms with van der Waals surface area (Å²) in [5.41, 5.74) is 1.83. The van der Waals surface area contributed by atoms with E-state index in [0.29, 0.717) is 29.2 Å². The summed E-state index contributed by atoms with van der Waals surface area (Å²) in [5, 5.41) is 13.8. The zero-order chi connectivity index (χ0) is 17.4. The molecule has 0 radical (unpaired) electrons. The van der Waals surface area contributed by atoms with Crippen LogP contribution in [0.2, 0.25) is 0 Å². The Morgan fingerprint density at radius 2 is 1.92 bits per heavy atom. The Balaban J connectivity index is 1.86. The number of hydrogen-bond acceptors (Lipinski definition) is 4. The molecule has 1 atom stereocenters. The van der Waals surface area contributed by atoms with Crippen LogP contribution in [-0.2, 0) is 6.54 Å². The Labute approximate surface area is 143 Å². The van der Waals surface area contributed by atoms with Crippen molar-refractivity contribution in [2.75, 3.05) is 0 Å². The van der Waals surface area contributed by atoms with E-state index in [1.165, 1.54) is 12.4 Å². The molecule has 126 valence electrons. The number of aromatic nitrogens is 5. The second kappa shape index (κ2) is 6.10. The Hall–Kier alpha value is -3.06. The smallest absolute Gasteiger partial charge is 0.178 e. The van der Waals surface area contributed by atoms with Crippen molar-refractivity contribution in [3.05, 3.63) is 72.3 Å². The van der Waals surface area contributed by atoms with E-state index in [2.05, 4.69) is 15.1 Å². The second-order valence-corrected chi connectivity index (χ2v) is 5.78. The maximum atomic E-state index is 14.5. The van der Waals surface area contributed by atoms with Crippen LogP contribution in [-0.4, -0.2) is 29.4 Å². The summed E-state index contributed by atoms with van der Waals surface area (Å²) in [6.45, 7) is 1.91. The Kier molecular flexibility index (Phi) is 3.77. The highest BCUT2D eigenvalue weighted by Crippen LogP contribution is 2.24. The molecule has 7 heteroatoms. The fourth-order valence-electron chi connectivity index (χ4n) is 2.82. The average Bonchev–Trinajstić information content (AvgIpc) is 3.21. The minimum Gasteiger partial charge on any atom is -0.385 e. The quantitative estimate of drug-likeness (QED) is 0.622. The maximum Gasteiger partial charge on any atom is 0.178 e. The number of aliphatic hydroxyl groups is 1. The molecule has 2 heterocycles. The predicted molar refractivity (Wildman–Crippen MR) is 90.8 cm³/mol. The van der Waals surface area contributed by atoms with E-state index in [1.54, 1.807) is 28.3 Å². The third-order valence-electron chi connectivity index (χ3n) is 3.94. The van der Waals surface area contributed by atoms with Crippen LogP contribution in [0.15, 0.2) is 54.9 Å². The molecule has 1 N–H and O–H groups in total. The lowest BCUT2D eigenvalue weighted by Crippen LogP contribution is -2.09. The van der Waals surface area contributed by atoms with Crippen LogP contribution in [0.25, 0.3) is 16.7 Å². The van der Waals surface area contributed by atoms with Gasteiger partial charge in [0.05, 0.1) is 5.52 Å².